The van der Waals surface area contributed by atoms with Crippen molar-refractivity contribution in [2.24, 2.45) is 0 Å². The van der Waals surface area contributed by atoms with Crippen molar-refractivity contribution in [1.82, 2.24) is 0 Å². The SMILES string of the molecule is C[C@@H](C#N)OC(=O)/C=C/c1cc(Br)ccc1F. The number of carbonyl (C=O) groups excluding carboxylic acids is 1. The van der Waals surface area contributed by atoms with Crippen molar-refractivity contribution in [2.75, 3.05) is 0 Å². The number of hydrogen-bond donors (Lipinski definition) is 0. The minimum Gasteiger partial charge on any atom is -0.444 e. The quantitative estimate of drug-likeness (QED) is 0.636. The zero-order chi connectivity index (χ0) is 12.8. The lowest BCUT2D eigenvalue weighted by atomic mass is 10.2. The van der Waals surface area contributed by atoms with E-state index in [1.165, 1.54) is 25.1 Å². The summed E-state index contributed by atoms with van der Waals surface area (Å²) in [6.45, 7) is 1.45. The molecule has 0 N–H and O–H groups in total. The van der Waals surface area contributed by atoms with E-state index in [2.05, 4.69) is 20.7 Å². The molecule has 0 radical (unpaired) electrons. The van der Waals surface area contributed by atoms with Crippen LogP contribution in [0.4, 0.5) is 4.39 Å². The van der Waals surface area contributed by atoms with Crippen molar-refractivity contribution in [3.05, 3.63) is 40.1 Å². The van der Waals surface area contributed by atoms with Crippen molar-refractivity contribution in [3.63, 3.8) is 0 Å². The first kappa shape index (κ1) is 13.4. The molecule has 0 saturated heterocycles. The molecular weight excluding hydrogens is 289 g/mol. The Labute approximate surface area is 107 Å². The first-order chi connectivity index (χ1) is 8.02. The van der Waals surface area contributed by atoms with E-state index in [1.54, 1.807) is 12.1 Å². The van der Waals surface area contributed by atoms with Crippen LogP contribution >= 0.6 is 15.9 Å². The van der Waals surface area contributed by atoms with Gasteiger partial charge in [-0.2, -0.15) is 5.26 Å². The Morgan fingerprint density at radius 1 is 1.65 bits per heavy atom. The summed E-state index contributed by atoms with van der Waals surface area (Å²) in [5.41, 5.74) is 0.265. The van der Waals surface area contributed by atoms with Gasteiger partial charge in [-0.25, -0.2) is 9.18 Å². The first-order valence-corrected chi connectivity index (χ1v) is 5.55. The number of nitrogens with zero attached hydrogens (tertiary/aromatic N) is 1. The molecule has 0 unspecified atom stereocenters. The van der Waals surface area contributed by atoms with Crippen LogP contribution in [0.1, 0.15) is 12.5 Å². The second-order valence-electron chi connectivity index (χ2n) is 3.21. The molecule has 0 aliphatic heterocycles. The third kappa shape index (κ3) is 4.37. The fourth-order valence-electron chi connectivity index (χ4n) is 1.04. The Kier molecular flexibility index (Phi) is 4.85. The standard InChI is InChI=1S/C12H9BrFNO2/c1-8(7-15)17-12(16)5-2-9-6-10(13)3-4-11(9)14/h2-6,8H,1H3/b5-2+/t8-/m0/s1. The van der Waals surface area contributed by atoms with Gasteiger partial charge in [-0.3, -0.25) is 0 Å². The topological polar surface area (TPSA) is 50.1 Å². The van der Waals surface area contributed by atoms with E-state index >= 15 is 0 Å². The predicted molar refractivity (Wildman–Crippen MR) is 64.3 cm³/mol. The average molecular weight is 298 g/mol. The molecule has 1 aromatic rings. The number of esters is 1. The highest BCUT2D eigenvalue weighted by atomic mass is 79.9. The molecule has 0 bridgehead atoms. The van der Waals surface area contributed by atoms with Crippen LogP contribution < -0.4 is 0 Å². The van der Waals surface area contributed by atoms with Crippen LogP contribution in [0.2, 0.25) is 0 Å². The predicted octanol–water partition coefficient (Wildman–Crippen LogP) is 3.06. The fraction of sp³-hybridized carbons (Fsp3) is 0.167. The molecular formula is C12H9BrFNO2. The summed E-state index contributed by atoms with van der Waals surface area (Å²) in [6, 6.07) is 6.13. The molecule has 0 aliphatic carbocycles. The summed E-state index contributed by atoms with van der Waals surface area (Å²) in [6.07, 6.45) is 1.56. The van der Waals surface area contributed by atoms with Crippen LogP contribution in [0.25, 0.3) is 6.08 Å². The molecule has 1 rings (SSSR count). The minimum atomic E-state index is -0.820. The van der Waals surface area contributed by atoms with E-state index in [0.717, 1.165) is 6.08 Å². The van der Waals surface area contributed by atoms with Gasteiger partial charge < -0.3 is 4.74 Å². The largest absolute Gasteiger partial charge is 0.444 e. The lowest BCUT2D eigenvalue weighted by Crippen LogP contribution is -2.10. The summed E-state index contributed by atoms with van der Waals surface area (Å²) in [5.74, 6) is -1.12. The summed E-state index contributed by atoms with van der Waals surface area (Å²) in [7, 11) is 0. The van der Waals surface area contributed by atoms with Crippen LogP contribution in [0.3, 0.4) is 0 Å². The number of rotatable bonds is 3. The van der Waals surface area contributed by atoms with E-state index < -0.39 is 17.9 Å². The molecule has 0 heterocycles. The highest BCUT2D eigenvalue weighted by Gasteiger charge is 2.05. The average Bonchev–Trinajstić information content (AvgIpc) is 2.30. The maximum atomic E-state index is 13.3. The van der Waals surface area contributed by atoms with Gasteiger partial charge in [0, 0.05) is 16.1 Å². The molecule has 0 spiro atoms. The number of carbonyl (C=O) groups is 1. The minimum absolute atomic E-state index is 0.265. The van der Waals surface area contributed by atoms with Gasteiger partial charge >= 0.3 is 5.97 Å². The lowest BCUT2D eigenvalue weighted by molar-refractivity contribution is -0.139. The van der Waals surface area contributed by atoms with Crippen molar-refractivity contribution < 1.29 is 13.9 Å². The second-order valence-corrected chi connectivity index (χ2v) is 4.12. The van der Waals surface area contributed by atoms with Crippen LogP contribution in [0, 0.1) is 17.1 Å². The lowest BCUT2D eigenvalue weighted by Gasteiger charge is -2.02. The van der Waals surface area contributed by atoms with Gasteiger partial charge in [0.05, 0.1) is 0 Å². The molecule has 0 fully saturated rings. The molecule has 3 nitrogen and oxygen atoms in total. The van der Waals surface area contributed by atoms with Crippen LogP contribution in [-0.2, 0) is 9.53 Å². The van der Waals surface area contributed by atoms with E-state index in [-0.39, 0.29) is 5.56 Å². The van der Waals surface area contributed by atoms with Gasteiger partial charge in [-0.15, -0.1) is 0 Å². The van der Waals surface area contributed by atoms with Gasteiger partial charge in [0.25, 0.3) is 0 Å². The summed E-state index contributed by atoms with van der Waals surface area (Å²) >= 11 is 3.20. The molecule has 1 atom stereocenters. The number of benzene rings is 1. The Balaban J connectivity index is 2.74. The first-order valence-electron chi connectivity index (χ1n) is 4.76. The van der Waals surface area contributed by atoms with E-state index in [1.807, 2.05) is 0 Å². The number of hydrogen-bond acceptors (Lipinski definition) is 3. The normalized spacial score (nSPS) is 12.1. The summed E-state index contributed by atoms with van der Waals surface area (Å²) in [5, 5.41) is 8.43. The highest BCUT2D eigenvalue weighted by Crippen LogP contribution is 2.16. The molecule has 88 valence electrons. The number of halogens is 2. The Bertz CT molecular complexity index is 494. The summed E-state index contributed by atoms with van der Waals surface area (Å²) in [4.78, 5) is 11.2. The Hall–Kier alpha value is -1.67. The molecule has 0 aromatic heterocycles. The Morgan fingerprint density at radius 2 is 2.35 bits per heavy atom. The second kappa shape index (κ2) is 6.16. The van der Waals surface area contributed by atoms with Crippen molar-refractivity contribution in [2.45, 2.75) is 13.0 Å². The number of nitriles is 1. The molecule has 0 amide bonds. The van der Waals surface area contributed by atoms with Gasteiger partial charge in [-0.05, 0) is 31.2 Å². The molecule has 0 aliphatic rings. The zero-order valence-corrected chi connectivity index (χ0v) is 10.6. The van der Waals surface area contributed by atoms with E-state index in [0.29, 0.717) is 4.47 Å². The van der Waals surface area contributed by atoms with Crippen molar-refractivity contribution >= 4 is 28.0 Å². The van der Waals surface area contributed by atoms with Gasteiger partial charge in [-0.1, -0.05) is 15.9 Å². The zero-order valence-electron chi connectivity index (χ0n) is 8.98. The fourth-order valence-corrected chi connectivity index (χ4v) is 1.42. The van der Waals surface area contributed by atoms with Gasteiger partial charge in [0.15, 0.2) is 6.10 Å². The Morgan fingerprint density at radius 3 is 3.00 bits per heavy atom. The van der Waals surface area contributed by atoms with Crippen LogP contribution in [0.15, 0.2) is 28.7 Å². The van der Waals surface area contributed by atoms with Gasteiger partial charge in [0.1, 0.15) is 11.9 Å². The molecule has 1 aromatic carbocycles. The van der Waals surface area contributed by atoms with E-state index in [4.69, 9.17) is 5.26 Å². The maximum absolute atomic E-state index is 13.3. The summed E-state index contributed by atoms with van der Waals surface area (Å²) < 4.78 is 18.6. The highest BCUT2D eigenvalue weighted by molar-refractivity contribution is 9.10. The third-order valence-corrected chi connectivity index (χ3v) is 2.33. The van der Waals surface area contributed by atoms with Crippen molar-refractivity contribution in [3.8, 4) is 6.07 Å². The van der Waals surface area contributed by atoms with Crippen molar-refractivity contribution in [1.29, 1.82) is 5.26 Å². The van der Waals surface area contributed by atoms with Gasteiger partial charge in [0.2, 0.25) is 0 Å². The number of ether oxygens (including phenoxy) is 1. The van der Waals surface area contributed by atoms with Crippen LogP contribution in [-0.4, -0.2) is 12.1 Å². The van der Waals surface area contributed by atoms with E-state index in [9.17, 15) is 9.18 Å². The van der Waals surface area contributed by atoms with Crippen LogP contribution in [0.5, 0.6) is 0 Å². The molecule has 0 saturated carbocycles. The maximum Gasteiger partial charge on any atom is 0.332 e. The smallest absolute Gasteiger partial charge is 0.332 e. The third-order valence-electron chi connectivity index (χ3n) is 1.83. The molecule has 17 heavy (non-hydrogen) atoms. The monoisotopic (exact) mass is 297 g/mol. The molecule has 5 heteroatoms.